The van der Waals surface area contributed by atoms with Gasteiger partial charge in [-0.15, -0.1) is 0 Å². The van der Waals surface area contributed by atoms with Gasteiger partial charge in [0.1, 0.15) is 22.3 Å². The minimum Gasteiger partial charge on any atom is -0.454 e. The third kappa shape index (κ3) is 14.8. The average molecular weight is 1930 g/mol. The van der Waals surface area contributed by atoms with Crippen LogP contribution in [0, 0.1) is 41.5 Å². The van der Waals surface area contributed by atoms with Crippen LogP contribution in [-0.2, 0) is 10.8 Å². The Labute approximate surface area is 871 Å². The standard InChI is InChI=1S/C71H53N3O2.C69H49N3O2/c1-46-29-36-54(37-30-46)74-63-24-8-7-23-61(63)71(62-45-49(4)31-42-64(62)74,50-32-38-52(39-33-50)72(55-17-11-15-47(2)43-55)65-25-13-21-59-57-19-5-9-27-67(57)75-69(59)65)51-34-40-53(41-35-51)73(56-18-12-16-48(3)44-56)66-26-14-22-60-58-20-6-10-28-68(58)76-70(60)66;1-46-31-38-54(39-32-46)72-61-26-12-11-25-59(61)69(60-45-47(2)33-44-62(60)72,48-34-40-52(41-35-48)70(50-17-5-3-6-18-50)63-27-15-23-57-55-21-9-13-29-65(55)73-67(57)63)49-36-42-53(43-37-49)71(51-19-7-4-8-20-51)64-28-16-24-58-56-22-10-14-30-66(56)74-68(58)64/h5-45H,1-4H3;3-45H,1-2H3. The summed E-state index contributed by atoms with van der Waals surface area (Å²) in [6.45, 7) is 13.0. The van der Waals surface area contributed by atoms with Crippen LogP contribution in [0.15, 0.2) is 527 Å². The molecule has 0 atom stereocenters. The summed E-state index contributed by atoms with van der Waals surface area (Å²) in [5, 5.41) is 8.75. The number of benzene rings is 22. The Balaban J connectivity index is 0.000000148. The fourth-order valence-corrected chi connectivity index (χ4v) is 23.8. The van der Waals surface area contributed by atoms with Crippen LogP contribution in [0.1, 0.15) is 77.9 Å². The van der Waals surface area contributed by atoms with E-state index in [1.807, 2.05) is 24.3 Å². The molecule has 0 fully saturated rings. The second-order valence-corrected chi connectivity index (χ2v) is 39.8. The zero-order chi connectivity index (χ0) is 100. The van der Waals surface area contributed by atoms with Crippen LogP contribution in [0.3, 0.4) is 0 Å². The number of furan rings is 4. The molecule has 0 unspecified atom stereocenters. The summed E-state index contributed by atoms with van der Waals surface area (Å²) in [6.07, 6.45) is 0. The molecule has 0 amide bonds. The second-order valence-electron chi connectivity index (χ2n) is 39.8. The van der Waals surface area contributed by atoms with E-state index in [-0.39, 0.29) is 0 Å². The van der Waals surface area contributed by atoms with Crippen molar-refractivity contribution in [2.75, 3.05) is 29.4 Å². The normalized spacial score (nSPS) is 12.8. The van der Waals surface area contributed by atoms with Gasteiger partial charge in [0.2, 0.25) is 0 Å². The summed E-state index contributed by atoms with van der Waals surface area (Å²) in [4.78, 5) is 14.2. The van der Waals surface area contributed by atoms with Crippen molar-refractivity contribution in [3.05, 3.63) is 587 Å². The van der Waals surface area contributed by atoms with Gasteiger partial charge in [-0.05, 0) is 291 Å². The monoisotopic (exact) mass is 1930 g/mol. The molecule has 2 aliphatic rings. The predicted molar refractivity (Wildman–Crippen MR) is 622 cm³/mol. The highest BCUT2D eigenvalue weighted by Gasteiger charge is 2.49. The van der Waals surface area contributed by atoms with Gasteiger partial charge in [-0.25, -0.2) is 0 Å². The first kappa shape index (κ1) is 89.7. The molecule has 6 heterocycles. The maximum Gasteiger partial charge on any atom is 0.159 e. The molecule has 2 aliphatic heterocycles. The van der Waals surface area contributed by atoms with Crippen LogP contribution in [0.5, 0.6) is 0 Å². The van der Waals surface area contributed by atoms with Gasteiger partial charge in [-0.3, -0.25) is 0 Å². The van der Waals surface area contributed by atoms with Crippen molar-refractivity contribution < 1.29 is 17.7 Å². The molecule has 716 valence electrons. The SMILES string of the molecule is Cc1ccc(N2c3ccccc3C(c3ccc(N(c4cccc(C)c4)c4cccc5c4oc4ccccc45)cc3)(c3ccc(N(c4cccc(C)c4)c4cccc5c4oc4ccccc45)cc3)c3cc(C)ccc32)cc1.Cc1ccc(N2c3ccccc3C(c3ccc(N(c4ccccc4)c4cccc5c4oc4ccccc45)cc3)(c3ccc(N(c4ccccc4)c4cccc5c4oc4ccccc45)cc3)c3cc(C)ccc32)cc1. The van der Waals surface area contributed by atoms with Gasteiger partial charge < -0.3 is 47.1 Å². The third-order valence-corrected chi connectivity index (χ3v) is 30.6. The van der Waals surface area contributed by atoms with E-state index in [0.717, 1.165) is 212 Å². The molecule has 10 nitrogen and oxygen atoms in total. The molecule has 0 radical (unpaired) electrons. The van der Waals surface area contributed by atoms with Crippen molar-refractivity contribution in [2.24, 2.45) is 0 Å². The van der Waals surface area contributed by atoms with E-state index in [4.69, 9.17) is 17.7 Å². The number of aryl methyl sites for hydroxylation is 6. The van der Waals surface area contributed by atoms with Gasteiger partial charge >= 0.3 is 0 Å². The first-order valence-corrected chi connectivity index (χ1v) is 51.5. The second kappa shape index (κ2) is 36.5. The van der Waals surface area contributed by atoms with Gasteiger partial charge in [0.05, 0.1) is 56.3 Å². The fraction of sp³-hybridized carbons (Fsp3) is 0.0571. The highest BCUT2D eigenvalue weighted by atomic mass is 16.3. The zero-order valence-corrected chi connectivity index (χ0v) is 83.8. The molecule has 22 aromatic carbocycles. The minimum atomic E-state index is -0.768. The molecule has 10 heteroatoms. The molecule has 26 aromatic rings. The van der Waals surface area contributed by atoms with Gasteiger partial charge in [-0.2, -0.15) is 0 Å². The maximum absolute atomic E-state index is 6.74. The lowest BCUT2D eigenvalue weighted by Gasteiger charge is -2.47. The Morgan fingerprint density at radius 2 is 0.400 bits per heavy atom. The third-order valence-electron chi connectivity index (χ3n) is 30.6. The number of hydrogen-bond donors (Lipinski definition) is 0. The van der Waals surface area contributed by atoms with E-state index in [0.29, 0.717) is 0 Å². The van der Waals surface area contributed by atoms with Crippen molar-refractivity contribution in [1.82, 2.24) is 0 Å². The Morgan fingerprint density at radius 1 is 0.167 bits per heavy atom. The number of rotatable bonds is 18. The molecule has 0 spiro atoms. The molecule has 0 N–H and O–H groups in total. The number of fused-ring (bicyclic) bond motifs is 16. The number of nitrogens with zero attached hydrogens (tertiary/aromatic N) is 6. The highest BCUT2D eigenvalue weighted by Crippen LogP contribution is 2.63. The summed E-state index contributed by atoms with van der Waals surface area (Å²) in [5.41, 5.74) is 40.9. The number of anilines is 18. The summed E-state index contributed by atoms with van der Waals surface area (Å²) in [5.74, 6) is 0. The van der Waals surface area contributed by atoms with Crippen molar-refractivity contribution >= 4 is 190 Å². The van der Waals surface area contributed by atoms with Crippen molar-refractivity contribution in [1.29, 1.82) is 0 Å². The lowest BCUT2D eigenvalue weighted by Crippen LogP contribution is -2.38. The number of hydrogen-bond acceptors (Lipinski definition) is 10. The topological polar surface area (TPSA) is 72.0 Å². The Kier molecular flexibility index (Phi) is 21.8. The quantitative estimate of drug-likeness (QED) is 0.0829. The van der Waals surface area contributed by atoms with Gasteiger partial charge in [0.25, 0.3) is 0 Å². The predicted octanol–water partition coefficient (Wildman–Crippen LogP) is 39.0. The molecule has 0 saturated heterocycles. The molecule has 0 bridgehead atoms. The lowest BCUT2D eigenvalue weighted by atomic mass is 9.62. The van der Waals surface area contributed by atoms with E-state index in [9.17, 15) is 0 Å². The molecular weight excluding hydrogens is 1830 g/mol. The molecule has 150 heavy (non-hydrogen) atoms. The average Bonchev–Trinajstić information content (AvgIpc) is 0.913. The number of para-hydroxylation sites is 12. The highest BCUT2D eigenvalue weighted by molar-refractivity contribution is 6.15. The smallest absolute Gasteiger partial charge is 0.159 e. The van der Waals surface area contributed by atoms with Crippen molar-refractivity contribution in [3.63, 3.8) is 0 Å². The van der Waals surface area contributed by atoms with Gasteiger partial charge in [0, 0.05) is 100.0 Å². The first-order valence-electron chi connectivity index (χ1n) is 51.5. The van der Waals surface area contributed by atoms with E-state index in [2.05, 4.69) is 556 Å². The maximum atomic E-state index is 6.74. The lowest BCUT2D eigenvalue weighted by molar-refractivity contribution is 0.668. The Morgan fingerprint density at radius 3 is 0.707 bits per heavy atom. The van der Waals surface area contributed by atoms with Crippen LogP contribution < -0.4 is 29.4 Å². The van der Waals surface area contributed by atoms with Gasteiger partial charge in [0.15, 0.2) is 22.3 Å². The largest absolute Gasteiger partial charge is 0.454 e. The van der Waals surface area contributed by atoms with Gasteiger partial charge in [-0.1, -0.05) is 338 Å². The Hall–Kier alpha value is -19.2. The summed E-state index contributed by atoms with van der Waals surface area (Å²) in [7, 11) is 0. The molecule has 0 aliphatic carbocycles. The van der Waals surface area contributed by atoms with Crippen molar-refractivity contribution in [3.8, 4) is 0 Å². The van der Waals surface area contributed by atoms with Crippen LogP contribution in [0.25, 0.3) is 87.8 Å². The van der Waals surface area contributed by atoms with E-state index < -0.39 is 10.8 Å². The van der Waals surface area contributed by atoms with E-state index >= 15 is 0 Å². The summed E-state index contributed by atoms with van der Waals surface area (Å²) >= 11 is 0. The molecule has 4 aromatic heterocycles. The van der Waals surface area contributed by atoms with Crippen molar-refractivity contribution in [2.45, 2.75) is 52.4 Å². The zero-order valence-electron chi connectivity index (χ0n) is 83.8. The molecule has 0 saturated carbocycles. The summed E-state index contributed by atoms with van der Waals surface area (Å²) < 4.78 is 26.9. The van der Waals surface area contributed by atoms with Crippen LogP contribution in [0.2, 0.25) is 0 Å². The first-order chi connectivity index (χ1) is 73.8. The van der Waals surface area contributed by atoms with E-state index in [1.54, 1.807) is 0 Å². The van der Waals surface area contributed by atoms with Crippen LogP contribution >= 0.6 is 0 Å². The van der Waals surface area contributed by atoms with Crippen LogP contribution in [-0.4, -0.2) is 0 Å². The minimum absolute atomic E-state index is 0.761. The van der Waals surface area contributed by atoms with Crippen LogP contribution in [0.4, 0.5) is 102 Å². The Bertz CT molecular complexity index is 9280. The fourth-order valence-electron chi connectivity index (χ4n) is 23.8. The van der Waals surface area contributed by atoms with E-state index in [1.165, 1.54) is 55.6 Å². The summed E-state index contributed by atoms with van der Waals surface area (Å²) in [6, 6.07) is 185. The molecule has 28 rings (SSSR count). The molecular formula is C140H102N6O4.